The van der Waals surface area contributed by atoms with Crippen molar-refractivity contribution in [3.05, 3.63) is 29.0 Å². The molecule has 1 aromatic heterocycles. The number of alkyl halides is 1. The van der Waals surface area contributed by atoms with Gasteiger partial charge in [-0.1, -0.05) is 11.6 Å². The molecule has 15 heavy (non-hydrogen) atoms. The summed E-state index contributed by atoms with van der Waals surface area (Å²) in [6, 6.07) is 3.41. The van der Waals surface area contributed by atoms with Gasteiger partial charge < -0.3 is 5.32 Å². The summed E-state index contributed by atoms with van der Waals surface area (Å²) in [5.74, 6) is 0. The van der Waals surface area contributed by atoms with E-state index in [0.717, 1.165) is 0 Å². The Morgan fingerprint density at radius 3 is 2.67 bits per heavy atom. The first-order chi connectivity index (χ1) is 6.72. The highest BCUT2D eigenvalue weighted by Gasteiger charge is 2.36. The van der Waals surface area contributed by atoms with Crippen LogP contribution in [0.4, 0.5) is 4.39 Å². The fraction of sp³-hybridized carbons (Fsp3) is 0.500. The number of pyridine rings is 1. The maximum atomic E-state index is 14.4. The van der Waals surface area contributed by atoms with Crippen molar-refractivity contribution in [1.29, 1.82) is 0 Å². The molecule has 2 nitrogen and oxygen atoms in total. The largest absolute Gasteiger partial charge is 0.316 e. The highest BCUT2D eigenvalue weighted by Crippen LogP contribution is 2.36. The van der Waals surface area contributed by atoms with Gasteiger partial charge in [0.05, 0.1) is 10.7 Å². The lowest BCUT2D eigenvalue weighted by Crippen LogP contribution is -2.37. The van der Waals surface area contributed by atoms with Crippen LogP contribution in [-0.2, 0) is 5.67 Å². The third-order valence-corrected chi connectivity index (χ3v) is 2.88. The van der Waals surface area contributed by atoms with Crippen molar-refractivity contribution in [2.45, 2.75) is 18.5 Å². The van der Waals surface area contributed by atoms with Gasteiger partial charge in [-0.05, 0) is 38.1 Å². The minimum Gasteiger partial charge on any atom is -0.316 e. The fourth-order valence-electron chi connectivity index (χ4n) is 1.78. The van der Waals surface area contributed by atoms with Gasteiger partial charge in [0.2, 0.25) is 0 Å². The first-order valence-electron chi connectivity index (χ1n) is 4.73. The molecule has 0 aliphatic carbocycles. The molecule has 1 aromatic rings. The monoisotopic (exact) mass is 250 g/mol. The Morgan fingerprint density at radius 2 is 2.07 bits per heavy atom. The average molecular weight is 251 g/mol. The fourth-order valence-corrected chi connectivity index (χ4v) is 2.07. The van der Waals surface area contributed by atoms with Crippen molar-refractivity contribution in [3.63, 3.8) is 0 Å². The molecule has 2 heterocycles. The van der Waals surface area contributed by atoms with Crippen LogP contribution in [0, 0.1) is 0 Å². The van der Waals surface area contributed by atoms with E-state index in [1.54, 1.807) is 18.3 Å². The van der Waals surface area contributed by atoms with Crippen LogP contribution >= 0.6 is 24.0 Å². The zero-order valence-electron chi connectivity index (χ0n) is 8.17. The summed E-state index contributed by atoms with van der Waals surface area (Å²) in [7, 11) is 0. The minimum atomic E-state index is -1.34. The van der Waals surface area contributed by atoms with Crippen LogP contribution in [0.15, 0.2) is 18.3 Å². The maximum absolute atomic E-state index is 14.4. The molecule has 1 fully saturated rings. The number of aromatic nitrogens is 1. The lowest BCUT2D eigenvalue weighted by molar-refractivity contribution is 0.110. The second kappa shape index (κ2) is 5.10. The van der Waals surface area contributed by atoms with E-state index in [1.165, 1.54) is 0 Å². The third-order valence-electron chi connectivity index (χ3n) is 2.58. The Balaban J connectivity index is 0.00000112. The SMILES string of the molecule is Cl.FC1(c2ncccc2Cl)CCNCC1. The van der Waals surface area contributed by atoms with Gasteiger partial charge in [0.25, 0.3) is 0 Å². The van der Waals surface area contributed by atoms with Gasteiger partial charge in [-0.3, -0.25) is 4.98 Å². The quantitative estimate of drug-likeness (QED) is 0.830. The second-order valence-electron chi connectivity index (χ2n) is 3.55. The van der Waals surface area contributed by atoms with E-state index in [4.69, 9.17) is 11.6 Å². The molecule has 84 valence electrons. The van der Waals surface area contributed by atoms with Gasteiger partial charge in [0.15, 0.2) is 5.67 Å². The minimum absolute atomic E-state index is 0. The van der Waals surface area contributed by atoms with E-state index in [2.05, 4.69) is 10.3 Å². The Hall–Kier alpha value is -0.380. The van der Waals surface area contributed by atoms with Gasteiger partial charge in [-0.15, -0.1) is 12.4 Å². The zero-order chi connectivity index (χ0) is 10.0. The number of halogens is 3. The van der Waals surface area contributed by atoms with Crippen LogP contribution in [0.25, 0.3) is 0 Å². The first kappa shape index (κ1) is 12.7. The van der Waals surface area contributed by atoms with Crippen LogP contribution < -0.4 is 5.32 Å². The maximum Gasteiger partial charge on any atom is 0.156 e. The van der Waals surface area contributed by atoms with E-state index in [9.17, 15) is 4.39 Å². The molecule has 1 aliphatic rings. The molecule has 1 N–H and O–H groups in total. The van der Waals surface area contributed by atoms with Crippen molar-refractivity contribution in [3.8, 4) is 0 Å². The first-order valence-corrected chi connectivity index (χ1v) is 5.11. The molecule has 2 rings (SSSR count). The molecular formula is C10H13Cl2FN2. The number of nitrogens with one attached hydrogen (secondary N) is 1. The highest BCUT2D eigenvalue weighted by molar-refractivity contribution is 6.31. The van der Waals surface area contributed by atoms with Crippen molar-refractivity contribution in [2.75, 3.05) is 13.1 Å². The van der Waals surface area contributed by atoms with Crippen LogP contribution in [-0.4, -0.2) is 18.1 Å². The highest BCUT2D eigenvalue weighted by atomic mass is 35.5. The molecule has 0 saturated carbocycles. The topological polar surface area (TPSA) is 24.9 Å². The molecular weight excluding hydrogens is 238 g/mol. The van der Waals surface area contributed by atoms with Crippen LogP contribution in [0.2, 0.25) is 5.02 Å². The predicted molar refractivity (Wildman–Crippen MR) is 61.4 cm³/mol. The summed E-state index contributed by atoms with van der Waals surface area (Å²) in [6.07, 6.45) is 2.48. The molecule has 1 aliphatic heterocycles. The van der Waals surface area contributed by atoms with E-state index in [0.29, 0.717) is 36.6 Å². The molecule has 0 aromatic carbocycles. The molecule has 0 amide bonds. The lowest BCUT2D eigenvalue weighted by Gasteiger charge is -2.29. The number of rotatable bonds is 1. The second-order valence-corrected chi connectivity index (χ2v) is 3.96. The smallest absolute Gasteiger partial charge is 0.156 e. The van der Waals surface area contributed by atoms with Crippen molar-refractivity contribution in [1.82, 2.24) is 10.3 Å². The van der Waals surface area contributed by atoms with Crippen molar-refractivity contribution >= 4 is 24.0 Å². The number of hydrogen-bond acceptors (Lipinski definition) is 2. The number of piperidine rings is 1. The number of hydrogen-bond donors (Lipinski definition) is 1. The number of nitrogens with zero attached hydrogens (tertiary/aromatic N) is 1. The van der Waals surface area contributed by atoms with Crippen molar-refractivity contribution < 1.29 is 4.39 Å². The Kier molecular flexibility index (Phi) is 4.32. The van der Waals surface area contributed by atoms with Gasteiger partial charge in [-0.25, -0.2) is 4.39 Å². The summed E-state index contributed by atoms with van der Waals surface area (Å²) < 4.78 is 14.4. The Morgan fingerprint density at radius 1 is 1.40 bits per heavy atom. The van der Waals surface area contributed by atoms with Gasteiger partial charge in [0.1, 0.15) is 0 Å². The van der Waals surface area contributed by atoms with Crippen LogP contribution in [0.3, 0.4) is 0 Å². The summed E-state index contributed by atoms with van der Waals surface area (Å²) in [5.41, 5.74) is -0.952. The van der Waals surface area contributed by atoms with E-state index >= 15 is 0 Å². The Bertz CT molecular complexity index is 327. The molecule has 0 unspecified atom stereocenters. The average Bonchev–Trinajstić information content (AvgIpc) is 2.19. The van der Waals surface area contributed by atoms with Gasteiger partial charge >= 0.3 is 0 Å². The van der Waals surface area contributed by atoms with E-state index in [-0.39, 0.29) is 12.4 Å². The lowest BCUT2D eigenvalue weighted by atomic mass is 9.90. The van der Waals surface area contributed by atoms with Gasteiger partial charge in [-0.2, -0.15) is 0 Å². The summed E-state index contributed by atoms with van der Waals surface area (Å²) in [5, 5.41) is 3.55. The molecule has 0 radical (unpaired) electrons. The molecule has 1 saturated heterocycles. The van der Waals surface area contributed by atoms with E-state index in [1.807, 2.05) is 0 Å². The zero-order valence-corrected chi connectivity index (χ0v) is 9.74. The van der Waals surface area contributed by atoms with Crippen molar-refractivity contribution in [2.24, 2.45) is 0 Å². The molecule has 0 spiro atoms. The molecule has 0 atom stereocenters. The molecule has 5 heteroatoms. The van der Waals surface area contributed by atoms with Crippen LogP contribution in [0.1, 0.15) is 18.5 Å². The standard InChI is InChI=1S/C10H12ClFN2.ClH/c11-8-2-1-5-14-9(8)10(12)3-6-13-7-4-10;/h1-2,5,13H,3-4,6-7H2;1H. The van der Waals surface area contributed by atoms with Crippen LogP contribution in [0.5, 0.6) is 0 Å². The predicted octanol–water partition coefficient (Wildman–Crippen LogP) is 2.71. The normalized spacial score (nSPS) is 19.3. The Labute approximate surface area is 99.6 Å². The third kappa shape index (κ3) is 2.60. The summed E-state index contributed by atoms with van der Waals surface area (Å²) in [4.78, 5) is 4.04. The van der Waals surface area contributed by atoms with E-state index < -0.39 is 5.67 Å². The summed E-state index contributed by atoms with van der Waals surface area (Å²) in [6.45, 7) is 1.37. The summed E-state index contributed by atoms with van der Waals surface area (Å²) >= 11 is 5.92. The molecule has 0 bridgehead atoms. The van der Waals surface area contributed by atoms with Gasteiger partial charge in [0, 0.05) is 6.20 Å².